The highest BCUT2D eigenvalue weighted by atomic mass is 32.2. The average molecular weight is 306 g/mol. The van der Waals surface area contributed by atoms with Gasteiger partial charge in [0.15, 0.2) is 0 Å². The first kappa shape index (κ1) is 17.5. The van der Waals surface area contributed by atoms with Crippen molar-refractivity contribution in [2.24, 2.45) is 0 Å². The van der Waals surface area contributed by atoms with Crippen LogP contribution in [0, 0.1) is 0 Å². The fourth-order valence-corrected chi connectivity index (χ4v) is 2.39. The van der Waals surface area contributed by atoms with E-state index in [0.717, 1.165) is 25.4 Å². The number of rotatable bonds is 10. The fourth-order valence-electron chi connectivity index (χ4n) is 1.95. The van der Waals surface area contributed by atoms with Crippen molar-refractivity contribution in [1.82, 2.24) is 10.2 Å². The van der Waals surface area contributed by atoms with Gasteiger partial charge in [-0.15, -0.1) is 0 Å². The maximum absolute atomic E-state index is 12.1. The molecule has 0 amide bonds. The van der Waals surface area contributed by atoms with Crippen LogP contribution in [0.2, 0.25) is 0 Å². The molecule has 0 bridgehead atoms. The van der Waals surface area contributed by atoms with Crippen LogP contribution in [0.1, 0.15) is 32.3 Å². The van der Waals surface area contributed by atoms with E-state index in [1.165, 1.54) is 0 Å². The Morgan fingerprint density at radius 3 is 2.50 bits per heavy atom. The topological polar surface area (TPSA) is 28.4 Å². The highest BCUT2D eigenvalue weighted by Gasteiger charge is 2.09. The molecule has 3 nitrogen and oxygen atoms in total. The Labute approximate surface area is 124 Å². The molecule has 1 aromatic rings. The maximum atomic E-state index is 12.1. The lowest BCUT2D eigenvalue weighted by Crippen LogP contribution is -2.38. The summed E-state index contributed by atoms with van der Waals surface area (Å²) in [5.74, 6) is -0.743. The lowest BCUT2D eigenvalue weighted by molar-refractivity contribution is 0.251. The van der Waals surface area contributed by atoms with Crippen LogP contribution in [0.25, 0.3) is 0 Å². The van der Waals surface area contributed by atoms with Crippen molar-refractivity contribution in [1.29, 1.82) is 0 Å². The van der Waals surface area contributed by atoms with Crippen molar-refractivity contribution in [3.8, 4) is 0 Å². The number of hydrogen-bond donors (Lipinski definition) is 1. The molecule has 1 unspecified atom stereocenters. The van der Waals surface area contributed by atoms with E-state index in [2.05, 4.69) is 31.0 Å². The zero-order chi connectivity index (χ0) is 15.0. The van der Waals surface area contributed by atoms with Gasteiger partial charge in [-0.2, -0.15) is 8.78 Å². The van der Waals surface area contributed by atoms with Gasteiger partial charge < -0.3 is 14.6 Å². The first-order chi connectivity index (χ1) is 9.55. The predicted octanol–water partition coefficient (Wildman–Crippen LogP) is 3.56. The zero-order valence-corrected chi connectivity index (χ0v) is 13.2. The second kappa shape index (κ2) is 9.37. The second-order valence-electron chi connectivity index (χ2n) is 4.71. The van der Waals surface area contributed by atoms with Gasteiger partial charge in [-0.1, -0.05) is 25.6 Å². The van der Waals surface area contributed by atoms with Crippen LogP contribution in [0.3, 0.4) is 0 Å². The van der Waals surface area contributed by atoms with Crippen LogP contribution >= 0.6 is 11.8 Å². The third kappa shape index (κ3) is 6.72. The summed E-state index contributed by atoms with van der Waals surface area (Å²) in [6.07, 6.45) is 0. The summed E-state index contributed by atoms with van der Waals surface area (Å²) < 4.78 is 29.7. The number of thioether (sulfide) groups is 1. The summed E-state index contributed by atoms with van der Waals surface area (Å²) in [6, 6.07) is 3.97. The molecule has 1 atom stereocenters. The van der Waals surface area contributed by atoms with Crippen LogP contribution in [0.15, 0.2) is 16.5 Å². The molecule has 6 heteroatoms. The molecule has 0 fully saturated rings. The Morgan fingerprint density at radius 1 is 1.25 bits per heavy atom. The molecule has 116 valence electrons. The summed E-state index contributed by atoms with van der Waals surface area (Å²) in [5, 5.41) is 3.39. The average Bonchev–Trinajstić information content (AvgIpc) is 2.88. The van der Waals surface area contributed by atoms with Crippen LogP contribution in [-0.2, 0) is 12.3 Å². The van der Waals surface area contributed by atoms with Crippen molar-refractivity contribution < 1.29 is 13.2 Å². The van der Waals surface area contributed by atoms with Crippen molar-refractivity contribution in [3.63, 3.8) is 0 Å². The molecule has 1 rings (SSSR count). The largest absolute Gasteiger partial charge is 0.464 e. The minimum absolute atomic E-state index is 0.215. The third-order valence-corrected chi connectivity index (χ3v) is 3.82. The third-order valence-electron chi connectivity index (χ3n) is 3.12. The molecule has 0 spiro atoms. The molecule has 0 aliphatic carbocycles. The van der Waals surface area contributed by atoms with Crippen LogP contribution in [-0.4, -0.2) is 36.3 Å². The highest BCUT2D eigenvalue weighted by molar-refractivity contribution is 7.98. The first-order valence-electron chi connectivity index (χ1n) is 6.98. The Bertz CT molecular complexity index is 370. The van der Waals surface area contributed by atoms with Gasteiger partial charge in [0.05, 0.1) is 12.3 Å². The van der Waals surface area contributed by atoms with Crippen LogP contribution in [0.4, 0.5) is 8.78 Å². The Balaban J connectivity index is 2.30. The number of halogens is 2. The molecule has 20 heavy (non-hydrogen) atoms. The van der Waals surface area contributed by atoms with Crippen molar-refractivity contribution in [2.75, 3.05) is 19.6 Å². The minimum Gasteiger partial charge on any atom is -0.464 e. The standard InChI is InChI=1S/C14H24F2N2OS/c1-4-18(5-2)9-11(3)17-8-12-6-7-13(19-12)10-20-14(15)16/h6-7,11,14,17H,4-5,8-10H2,1-3H3. The van der Waals surface area contributed by atoms with Gasteiger partial charge in [0.2, 0.25) is 0 Å². The minimum atomic E-state index is -2.35. The molecular weight excluding hydrogens is 282 g/mol. The second-order valence-corrected chi connectivity index (χ2v) is 5.69. The van der Waals surface area contributed by atoms with E-state index >= 15 is 0 Å². The monoisotopic (exact) mass is 306 g/mol. The number of furan rings is 1. The van der Waals surface area contributed by atoms with Crippen LogP contribution in [0.5, 0.6) is 0 Å². The van der Waals surface area contributed by atoms with Gasteiger partial charge in [0, 0.05) is 12.6 Å². The molecule has 0 radical (unpaired) electrons. The van der Waals surface area contributed by atoms with Gasteiger partial charge in [0.25, 0.3) is 5.76 Å². The molecule has 0 aliphatic heterocycles. The van der Waals surface area contributed by atoms with Crippen molar-refractivity contribution >= 4 is 11.8 Å². The van der Waals surface area contributed by atoms with Crippen molar-refractivity contribution in [3.05, 3.63) is 23.7 Å². The molecule has 1 N–H and O–H groups in total. The SMILES string of the molecule is CCN(CC)CC(C)NCc1ccc(CSC(F)F)o1. The molecule has 0 aromatic carbocycles. The van der Waals surface area contributed by atoms with E-state index in [9.17, 15) is 8.78 Å². The molecule has 1 aromatic heterocycles. The number of nitrogens with one attached hydrogen (secondary N) is 1. The maximum Gasteiger partial charge on any atom is 0.284 e. The number of nitrogens with zero attached hydrogens (tertiary/aromatic N) is 1. The van der Waals surface area contributed by atoms with Gasteiger partial charge in [-0.05, 0) is 32.1 Å². The van der Waals surface area contributed by atoms with Gasteiger partial charge in [0.1, 0.15) is 11.5 Å². The van der Waals surface area contributed by atoms with E-state index in [-0.39, 0.29) is 5.75 Å². The molecule has 0 saturated heterocycles. The van der Waals surface area contributed by atoms with E-state index in [4.69, 9.17) is 4.42 Å². The summed E-state index contributed by atoms with van der Waals surface area (Å²) >= 11 is 0.582. The lowest BCUT2D eigenvalue weighted by Gasteiger charge is -2.23. The van der Waals surface area contributed by atoms with Gasteiger partial charge >= 0.3 is 0 Å². The molecule has 1 heterocycles. The van der Waals surface area contributed by atoms with E-state index in [1.54, 1.807) is 6.07 Å². The summed E-state index contributed by atoms with van der Waals surface area (Å²) in [4.78, 5) is 2.35. The Morgan fingerprint density at radius 2 is 1.90 bits per heavy atom. The fraction of sp³-hybridized carbons (Fsp3) is 0.714. The summed E-state index contributed by atoms with van der Waals surface area (Å²) in [5.41, 5.74) is 0. The zero-order valence-electron chi connectivity index (χ0n) is 12.4. The summed E-state index contributed by atoms with van der Waals surface area (Å²) in [6.45, 7) is 10.1. The van der Waals surface area contributed by atoms with E-state index in [0.29, 0.717) is 30.1 Å². The molecule has 0 aliphatic rings. The normalized spacial score (nSPS) is 13.3. The number of hydrogen-bond acceptors (Lipinski definition) is 4. The Kier molecular flexibility index (Phi) is 8.18. The Hall–Kier alpha value is -0.590. The molecule has 0 saturated carbocycles. The highest BCUT2D eigenvalue weighted by Crippen LogP contribution is 2.21. The van der Waals surface area contributed by atoms with E-state index < -0.39 is 5.76 Å². The number of alkyl halides is 2. The summed E-state index contributed by atoms with van der Waals surface area (Å²) in [7, 11) is 0. The van der Waals surface area contributed by atoms with Crippen LogP contribution < -0.4 is 5.32 Å². The van der Waals surface area contributed by atoms with Gasteiger partial charge in [-0.25, -0.2) is 0 Å². The van der Waals surface area contributed by atoms with Gasteiger partial charge in [-0.3, -0.25) is 0 Å². The smallest absolute Gasteiger partial charge is 0.284 e. The van der Waals surface area contributed by atoms with E-state index in [1.807, 2.05) is 6.07 Å². The predicted molar refractivity (Wildman–Crippen MR) is 80.1 cm³/mol. The number of likely N-dealkylation sites (N-methyl/N-ethyl adjacent to an activating group) is 1. The molecular formula is C14H24F2N2OS. The lowest BCUT2D eigenvalue weighted by atomic mass is 10.3. The quantitative estimate of drug-likeness (QED) is 0.715. The van der Waals surface area contributed by atoms with Crippen molar-refractivity contribution in [2.45, 2.75) is 44.9 Å². The first-order valence-corrected chi connectivity index (χ1v) is 8.03.